The second-order valence-electron chi connectivity index (χ2n) is 16.4. The van der Waals surface area contributed by atoms with Crippen molar-refractivity contribution in [1.82, 2.24) is 0 Å². The van der Waals surface area contributed by atoms with E-state index in [1.54, 1.807) is 0 Å². The second kappa shape index (κ2) is 14.8. The Bertz CT molecular complexity index is 2290. The fourth-order valence-corrected chi connectivity index (χ4v) is 21.4. The van der Waals surface area contributed by atoms with Crippen LogP contribution in [0.5, 0.6) is 0 Å². The zero-order valence-corrected chi connectivity index (χ0v) is 38.6. The van der Waals surface area contributed by atoms with Gasteiger partial charge in [0.05, 0.1) is 0 Å². The Kier molecular flexibility index (Phi) is 10.7. The molecule has 56 heavy (non-hydrogen) atoms. The second-order valence-corrected chi connectivity index (χ2v) is 29.6. The Labute approximate surface area is 343 Å². The molecule has 7 heteroatoms. The molecular weight excluding hydrogens is 817 g/mol. The Balaban J connectivity index is 1.81. The van der Waals surface area contributed by atoms with E-state index in [1.165, 1.54) is 89.5 Å². The van der Waals surface area contributed by atoms with Gasteiger partial charge >= 0.3 is 346 Å². The first-order chi connectivity index (χ1) is 26.4. The van der Waals surface area contributed by atoms with Gasteiger partial charge in [-0.2, -0.15) is 0 Å². The standard InChI is InChI=1S/2C21H26N2.C7H6.2ClH.Ru/c2*1-14-9-16(3)20(17(4)10-14)22-7-8-23(13-22)21-18(5)11-15(2)12-19(21)6;1-7-5-3-2-4-6-7;;;/h2*9-12H,7-8H2,1-6H3;1-6H;2*1H;/q;;;;;+2/p-2. The van der Waals surface area contributed by atoms with Crippen LogP contribution in [0.4, 0.5) is 22.7 Å². The van der Waals surface area contributed by atoms with Gasteiger partial charge in [0.25, 0.3) is 0 Å². The monoisotopic (exact) mass is 874 g/mol. The van der Waals surface area contributed by atoms with Crippen LogP contribution in [0.25, 0.3) is 0 Å². The van der Waals surface area contributed by atoms with Crippen molar-refractivity contribution in [2.45, 2.75) is 83.1 Å². The number of rotatable bonds is 5. The Hall–Kier alpha value is -3.89. The molecule has 0 aromatic heterocycles. The molecule has 2 heterocycles. The molecule has 0 aliphatic carbocycles. The minimum atomic E-state index is -5.38. The summed E-state index contributed by atoms with van der Waals surface area (Å²) in [5, 5.41) is 0. The van der Waals surface area contributed by atoms with E-state index in [-0.39, 0.29) is 0 Å². The van der Waals surface area contributed by atoms with Crippen LogP contribution in [0.3, 0.4) is 0 Å². The van der Waals surface area contributed by atoms with Crippen molar-refractivity contribution >= 4 is 55.4 Å². The summed E-state index contributed by atoms with van der Waals surface area (Å²) in [7, 11) is 12.8. The molecule has 0 bridgehead atoms. The van der Waals surface area contributed by atoms with Crippen LogP contribution in [-0.2, 0) is 10.3 Å². The minimum absolute atomic E-state index is 0.753. The first-order valence-corrected chi connectivity index (χ1v) is 26.9. The van der Waals surface area contributed by atoms with Crippen LogP contribution in [-0.4, -0.2) is 39.5 Å². The Morgan fingerprint density at radius 3 is 0.857 bits per heavy atom. The van der Waals surface area contributed by atoms with Gasteiger partial charge < -0.3 is 0 Å². The van der Waals surface area contributed by atoms with Crippen molar-refractivity contribution < 1.29 is 10.3 Å². The molecule has 0 amide bonds. The molecule has 2 aliphatic rings. The summed E-state index contributed by atoms with van der Waals surface area (Å²) < 4.78 is 4.29. The summed E-state index contributed by atoms with van der Waals surface area (Å²) in [6.45, 7) is 29.6. The number of benzene rings is 5. The van der Waals surface area contributed by atoms with Crippen LogP contribution in [0, 0.1) is 83.1 Å². The van der Waals surface area contributed by atoms with E-state index in [4.69, 9.17) is 19.4 Å². The number of halogens is 2. The SMILES string of the molecule is Cc1cc(C)c(N2CCN(c3c(C)cc(C)cc3C)[C]2=[Ru]([Cl])([Cl])(=[CH]c2ccccc2)=[C]2N(c3c(C)cc(C)cc3C)CCN2c2c(C)cc(C)cc2C)c(C)c1. The van der Waals surface area contributed by atoms with Crippen molar-refractivity contribution in [3.05, 3.63) is 151 Å². The molecule has 0 unspecified atom stereocenters. The predicted octanol–water partition coefficient (Wildman–Crippen LogP) is 11.8. The van der Waals surface area contributed by atoms with Crippen LogP contribution in [0.15, 0.2) is 78.9 Å². The molecule has 2 aliphatic heterocycles. The molecule has 7 rings (SSSR count). The quantitative estimate of drug-likeness (QED) is 0.163. The van der Waals surface area contributed by atoms with E-state index in [9.17, 15) is 0 Å². The van der Waals surface area contributed by atoms with Crippen molar-refractivity contribution in [3.8, 4) is 0 Å². The molecule has 2 saturated heterocycles. The molecule has 0 spiro atoms. The van der Waals surface area contributed by atoms with Crippen molar-refractivity contribution in [2.24, 2.45) is 0 Å². The van der Waals surface area contributed by atoms with Crippen LogP contribution < -0.4 is 19.6 Å². The average Bonchev–Trinajstić information content (AvgIpc) is 3.70. The fraction of sp³-hybridized carbons (Fsp3) is 0.327. The van der Waals surface area contributed by atoms with Crippen LogP contribution in [0.2, 0.25) is 0 Å². The normalized spacial score (nSPS) is 15.6. The summed E-state index contributed by atoms with van der Waals surface area (Å²) in [5.74, 6) is 0. The molecule has 296 valence electrons. The van der Waals surface area contributed by atoms with E-state index < -0.39 is 10.3 Å². The van der Waals surface area contributed by atoms with Crippen molar-refractivity contribution in [2.75, 3.05) is 45.8 Å². The molecule has 2 fully saturated rings. The maximum absolute atomic E-state index is 9.11. The summed E-state index contributed by atoms with van der Waals surface area (Å²) >= 11 is 0. The number of hydrogen-bond donors (Lipinski definition) is 0. The van der Waals surface area contributed by atoms with E-state index >= 15 is 0 Å². The first-order valence-electron chi connectivity index (χ1n) is 19.7. The van der Waals surface area contributed by atoms with Crippen LogP contribution >= 0.6 is 19.4 Å². The van der Waals surface area contributed by atoms with Gasteiger partial charge in [0.2, 0.25) is 0 Å². The van der Waals surface area contributed by atoms with Crippen LogP contribution in [0.1, 0.15) is 72.3 Å². The molecule has 0 radical (unpaired) electrons. The van der Waals surface area contributed by atoms with Crippen molar-refractivity contribution in [3.63, 3.8) is 0 Å². The van der Waals surface area contributed by atoms with E-state index in [0.717, 1.165) is 40.5 Å². The fourth-order valence-electron chi connectivity index (χ4n) is 9.84. The van der Waals surface area contributed by atoms with Gasteiger partial charge in [-0.1, -0.05) is 0 Å². The van der Waals surface area contributed by atoms with Gasteiger partial charge in [-0.3, -0.25) is 0 Å². The average molecular weight is 875 g/mol. The molecule has 5 aromatic rings. The van der Waals surface area contributed by atoms with Gasteiger partial charge in [0.1, 0.15) is 0 Å². The molecule has 0 saturated carbocycles. The summed E-state index contributed by atoms with van der Waals surface area (Å²) in [5.41, 5.74) is 20.5. The van der Waals surface area contributed by atoms with E-state index in [2.05, 4.69) is 186 Å². The third-order valence-electron chi connectivity index (χ3n) is 11.3. The van der Waals surface area contributed by atoms with Gasteiger partial charge in [0.15, 0.2) is 0 Å². The number of nitrogens with zero attached hydrogens (tertiary/aromatic N) is 4. The first kappa shape index (κ1) is 40.3. The Morgan fingerprint density at radius 2 is 0.625 bits per heavy atom. The maximum atomic E-state index is 9.11. The van der Waals surface area contributed by atoms with Gasteiger partial charge in [-0.15, -0.1) is 0 Å². The summed E-state index contributed by atoms with van der Waals surface area (Å²) in [6.07, 6.45) is 0. The molecule has 5 aromatic carbocycles. The van der Waals surface area contributed by atoms with Gasteiger partial charge in [-0.25, -0.2) is 0 Å². The molecule has 4 nitrogen and oxygen atoms in total. The molecule has 0 N–H and O–H groups in total. The third-order valence-corrected chi connectivity index (χ3v) is 21.2. The molecule has 0 atom stereocenters. The summed E-state index contributed by atoms with van der Waals surface area (Å²) in [4.78, 5) is 10.1. The number of anilines is 4. The predicted molar refractivity (Wildman–Crippen MR) is 245 cm³/mol. The number of aryl methyl sites for hydroxylation is 12. The zero-order chi connectivity index (χ0) is 40.5. The number of hydrogen-bond acceptors (Lipinski definition) is 4. The van der Waals surface area contributed by atoms with E-state index in [1.807, 2.05) is 0 Å². The summed E-state index contributed by atoms with van der Waals surface area (Å²) in [6, 6.07) is 29.0. The van der Waals surface area contributed by atoms with Gasteiger partial charge in [0, 0.05) is 0 Å². The molecular formula is C49H58Cl2N4Ru. The topological polar surface area (TPSA) is 13.0 Å². The third kappa shape index (κ3) is 6.93. The van der Waals surface area contributed by atoms with Crippen molar-refractivity contribution in [1.29, 1.82) is 0 Å². The Morgan fingerprint density at radius 1 is 0.393 bits per heavy atom. The zero-order valence-electron chi connectivity index (χ0n) is 35.3. The van der Waals surface area contributed by atoms with Gasteiger partial charge in [-0.05, 0) is 0 Å². The van der Waals surface area contributed by atoms with E-state index in [0.29, 0.717) is 0 Å².